The Hall–Kier alpha value is -3.64. The highest BCUT2D eigenvalue weighted by molar-refractivity contribution is 5.83. The molecule has 1 aliphatic rings. The summed E-state index contributed by atoms with van der Waals surface area (Å²) in [6.07, 6.45) is 4.60. The van der Waals surface area contributed by atoms with Crippen LogP contribution in [0, 0.1) is 6.92 Å². The maximum absolute atomic E-state index is 11.8. The van der Waals surface area contributed by atoms with Gasteiger partial charge in [0.1, 0.15) is 24.1 Å². The van der Waals surface area contributed by atoms with Crippen LogP contribution in [-0.4, -0.2) is 22.7 Å². The number of esters is 1. The first-order valence-corrected chi connectivity index (χ1v) is 10.9. The van der Waals surface area contributed by atoms with Crippen molar-refractivity contribution in [1.29, 1.82) is 0 Å². The summed E-state index contributed by atoms with van der Waals surface area (Å²) < 4.78 is 11.3. The maximum Gasteiger partial charge on any atom is 0.331 e. The topological polar surface area (TPSA) is 69.7 Å². The van der Waals surface area contributed by atoms with Gasteiger partial charge >= 0.3 is 5.97 Å². The van der Waals surface area contributed by atoms with Gasteiger partial charge in [-0.2, -0.15) is 0 Å². The lowest BCUT2D eigenvalue weighted by molar-refractivity contribution is -0.148. The molecule has 0 spiro atoms. The first kappa shape index (κ1) is 22.6. The van der Waals surface area contributed by atoms with Crippen LogP contribution in [0.15, 0.2) is 72.8 Å². The standard InChI is InChI=1S/C27H28N2O4/c1-18-15-20(23-7-5-6-8-24(23)28-18)17-31-21-11-9-19(10-12-21)25-16-22(33-29-25)13-14-26(30)32-27(2,3)4/h5-16,22,29H,17H2,1-4H3. The van der Waals surface area contributed by atoms with Crippen molar-refractivity contribution in [3.05, 3.63) is 89.6 Å². The van der Waals surface area contributed by atoms with Gasteiger partial charge in [-0.3, -0.25) is 15.3 Å². The molecular formula is C27H28N2O4. The second-order valence-corrected chi connectivity index (χ2v) is 8.91. The number of benzene rings is 2. The number of para-hydroxylation sites is 1. The number of aromatic nitrogens is 1. The van der Waals surface area contributed by atoms with Crippen LogP contribution in [0.2, 0.25) is 0 Å². The number of rotatable bonds is 6. The van der Waals surface area contributed by atoms with Crippen LogP contribution in [0.3, 0.4) is 0 Å². The molecule has 170 valence electrons. The van der Waals surface area contributed by atoms with Gasteiger partial charge in [0.2, 0.25) is 0 Å². The van der Waals surface area contributed by atoms with Crippen LogP contribution in [0.1, 0.15) is 37.6 Å². The minimum absolute atomic E-state index is 0.355. The number of fused-ring (bicyclic) bond motifs is 1. The van der Waals surface area contributed by atoms with Crippen LogP contribution in [-0.2, 0) is 21.0 Å². The number of nitrogens with one attached hydrogen (secondary N) is 1. The Balaban J connectivity index is 1.38. The summed E-state index contributed by atoms with van der Waals surface area (Å²) >= 11 is 0. The van der Waals surface area contributed by atoms with E-state index >= 15 is 0 Å². The van der Waals surface area contributed by atoms with Gasteiger partial charge in [-0.25, -0.2) is 4.79 Å². The quantitative estimate of drug-likeness (QED) is 0.413. The van der Waals surface area contributed by atoms with Crippen LogP contribution in [0.25, 0.3) is 16.6 Å². The molecule has 0 amide bonds. The highest BCUT2D eigenvalue weighted by atomic mass is 16.7. The van der Waals surface area contributed by atoms with Crippen molar-refractivity contribution in [1.82, 2.24) is 10.5 Å². The molecule has 0 saturated heterocycles. The summed E-state index contributed by atoms with van der Waals surface area (Å²) in [7, 11) is 0. The average Bonchev–Trinajstić information content (AvgIpc) is 3.24. The third-order valence-corrected chi connectivity index (χ3v) is 4.95. The van der Waals surface area contributed by atoms with Gasteiger partial charge < -0.3 is 9.47 Å². The molecule has 33 heavy (non-hydrogen) atoms. The monoisotopic (exact) mass is 444 g/mol. The van der Waals surface area contributed by atoms with E-state index in [4.69, 9.17) is 14.3 Å². The molecule has 0 radical (unpaired) electrons. The van der Waals surface area contributed by atoms with Crippen LogP contribution < -0.4 is 10.2 Å². The molecule has 0 saturated carbocycles. The predicted octanol–water partition coefficient (Wildman–Crippen LogP) is 5.26. The summed E-state index contributed by atoms with van der Waals surface area (Å²) in [5.41, 5.74) is 7.22. The molecule has 2 aromatic carbocycles. The van der Waals surface area contributed by atoms with Gasteiger partial charge in [-0.05, 0) is 81.8 Å². The van der Waals surface area contributed by atoms with Crippen molar-refractivity contribution < 1.29 is 19.1 Å². The SMILES string of the molecule is Cc1cc(COc2ccc(C3=CC(C=CC(=O)OC(C)(C)C)ON3)cc2)c2ccccc2n1. The molecule has 0 aliphatic carbocycles. The lowest BCUT2D eigenvalue weighted by Crippen LogP contribution is -2.22. The van der Waals surface area contributed by atoms with E-state index < -0.39 is 11.6 Å². The lowest BCUT2D eigenvalue weighted by Gasteiger charge is -2.18. The number of pyridine rings is 1. The Labute approximate surface area is 193 Å². The summed E-state index contributed by atoms with van der Waals surface area (Å²) in [5, 5.41) is 1.10. The van der Waals surface area contributed by atoms with E-state index in [-0.39, 0.29) is 6.10 Å². The number of hydrogen-bond donors (Lipinski definition) is 1. The van der Waals surface area contributed by atoms with Gasteiger partial charge in [0.25, 0.3) is 0 Å². The normalized spacial score (nSPS) is 16.0. The van der Waals surface area contributed by atoms with Gasteiger partial charge in [0.15, 0.2) is 0 Å². The Morgan fingerprint density at radius 1 is 1.15 bits per heavy atom. The van der Waals surface area contributed by atoms with Crippen molar-refractivity contribution in [2.24, 2.45) is 0 Å². The van der Waals surface area contributed by atoms with Gasteiger partial charge in [0.05, 0.1) is 11.2 Å². The van der Waals surface area contributed by atoms with Crippen molar-refractivity contribution in [3.8, 4) is 5.75 Å². The molecular weight excluding hydrogens is 416 g/mol. The molecule has 1 aliphatic heterocycles. The van der Waals surface area contributed by atoms with E-state index in [9.17, 15) is 4.79 Å². The predicted molar refractivity (Wildman–Crippen MR) is 128 cm³/mol. The molecule has 0 fully saturated rings. The second-order valence-electron chi connectivity index (χ2n) is 8.91. The Morgan fingerprint density at radius 3 is 2.67 bits per heavy atom. The van der Waals surface area contributed by atoms with Crippen molar-refractivity contribution >= 4 is 22.6 Å². The van der Waals surface area contributed by atoms with Gasteiger partial charge in [-0.15, -0.1) is 0 Å². The molecule has 2 heterocycles. The summed E-state index contributed by atoms with van der Waals surface area (Å²) in [6, 6.07) is 17.9. The number of nitrogens with zero attached hydrogens (tertiary/aromatic N) is 1. The molecule has 0 bridgehead atoms. The summed E-state index contributed by atoms with van der Waals surface area (Å²) in [4.78, 5) is 21.9. The first-order valence-electron chi connectivity index (χ1n) is 10.9. The molecule has 1 unspecified atom stereocenters. The van der Waals surface area contributed by atoms with E-state index in [1.807, 2.05) is 76.2 Å². The molecule has 4 rings (SSSR count). The van der Waals surface area contributed by atoms with E-state index in [0.717, 1.165) is 39.2 Å². The average molecular weight is 445 g/mol. The third kappa shape index (κ3) is 5.99. The largest absolute Gasteiger partial charge is 0.489 e. The number of ether oxygens (including phenoxy) is 2. The second kappa shape index (κ2) is 9.46. The molecule has 1 N–H and O–H groups in total. The van der Waals surface area contributed by atoms with Crippen LogP contribution in [0.5, 0.6) is 5.75 Å². The van der Waals surface area contributed by atoms with Gasteiger partial charge in [0, 0.05) is 22.7 Å². The fourth-order valence-electron chi connectivity index (χ4n) is 3.53. The fourth-order valence-corrected chi connectivity index (χ4v) is 3.53. The van der Waals surface area contributed by atoms with Crippen molar-refractivity contribution in [2.45, 2.75) is 46.0 Å². The minimum atomic E-state index is -0.523. The van der Waals surface area contributed by atoms with Crippen LogP contribution >= 0.6 is 0 Å². The Kier molecular flexibility index (Phi) is 6.47. The van der Waals surface area contributed by atoms with Gasteiger partial charge in [-0.1, -0.05) is 18.2 Å². The highest BCUT2D eigenvalue weighted by Crippen LogP contribution is 2.24. The lowest BCUT2D eigenvalue weighted by atomic mass is 10.1. The fraction of sp³-hybridized carbons (Fsp3) is 0.259. The Morgan fingerprint density at radius 2 is 1.91 bits per heavy atom. The Bertz CT molecular complexity index is 1210. The van der Waals surface area contributed by atoms with Crippen molar-refractivity contribution in [2.75, 3.05) is 0 Å². The van der Waals surface area contributed by atoms with E-state index in [2.05, 4.69) is 22.6 Å². The number of hydroxylamine groups is 1. The molecule has 3 aromatic rings. The summed E-state index contributed by atoms with van der Waals surface area (Å²) in [5.74, 6) is 0.379. The minimum Gasteiger partial charge on any atom is -0.489 e. The molecule has 1 aromatic heterocycles. The molecule has 6 heteroatoms. The molecule has 6 nitrogen and oxygen atoms in total. The number of carbonyl (C=O) groups excluding carboxylic acids is 1. The van der Waals surface area contributed by atoms with E-state index in [1.165, 1.54) is 6.08 Å². The zero-order chi connectivity index (χ0) is 23.4. The van der Waals surface area contributed by atoms with E-state index in [0.29, 0.717) is 6.61 Å². The summed E-state index contributed by atoms with van der Waals surface area (Å²) in [6.45, 7) is 7.95. The highest BCUT2D eigenvalue weighted by Gasteiger charge is 2.17. The first-order chi connectivity index (χ1) is 15.8. The third-order valence-electron chi connectivity index (χ3n) is 4.95. The van der Waals surface area contributed by atoms with Crippen LogP contribution in [0.4, 0.5) is 0 Å². The number of hydrogen-bond acceptors (Lipinski definition) is 6. The number of carbonyl (C=O) groups is 1. The zero-order valence-corrected chi connectivity index (χ0v) is 19.3. The maximum atomic E-state index is 11.8. The molecule has 1 atom stereocenters. The smallest absolute Gasteiger partial charge is 0.331 e. The van der Waals surface area contributed by atoms with E-state index in [1.54, 1.807) is 6.08 Å². The van der Waals surface area contributed by atoms with Crippen molar-refractivity contribution in [3.63, 3.8) is 0 Å². The number of aryl methyl sites for hydroxylation is 1. The zero-order valence-electron chi connectivity index (χ0n) is 19.3.